The Bertz CT molecular complexity index is 381. The Morgan fingerprint density at radius 1 is 1.14 bits per heavy atom. The molecule has 0 heterocycles. The van der Waals surface area contributed by atoms with Crippen molar-refractivity contribution < 1.29 is 9.59 Å². The van der Waals surface area contributed by atoms with E-state index in [1.165, 1.54) is 0 Å². The zero-order valence-electron chi connectivity index (χ0n) is 19.4. The highest BCUT2D eigenvalue weighted by atomic mass is 32.2. The summed E-state index contributed by atoms with van der Waals surface area (Å²) in [4.78, 5) is 25.0. The molecule has 0 rings (SSSR count). The Morgan fingerprint density at radius 2 is 1.64 bits per heavy atom. The molecular formula is C20H46N4O2S2. The molecule has 2 amide bonds. The lowest BCUT2D eigenvalue weighted by molar-refractivity contribution is -0.121. The molecule has 1 unspecified atom stereocenters. The van der Waals surface area contributed by atoms with Gasteiger partial charge in [-0.15, -0.1) is 0 Å². The molecule has 8 heteroatoms. The molecule has 4 N–H and O–H groups in total. The van der Waals surface area contributed by atoms with E-state index in [0.717, 1.165) is 19.5 Å². The van der Waals surface area contributed by atoms with Gasteiger partial charge in [0.1, 0.15) is 0 Å². The summed E-state index contributed by atoms with van der Waals surface area (Å²) in [5.41, 5.74) is 5.23. The number of thiol groups is 1. The van der Waals surface area contributed by atoms with Crippen LogP contribution in [0.25, 0.3) is 0 Å². The maximum atomic E-state index is 12.0. The number of primary amides is 1. The third kappa shape index (κ3) is 25.6. The van der Waals surface area contributed by atoms with Crippen LogP contribution < -0.4 is 16.4 Å². The Morgan fingerprint density at radius 3 is 2.07 bits per heavy atom. The van der Waals surface area contributed by atoms with Gasteiger partial charge in [-0.05, 0) is 36.6 Å². The number of nitrogens with zero attached hydrogens (tertiary/aromatic N) is 1. The molecule has 170 valence electrons. The minimum Gasteiger partial charge on any atom is -0.370 e. The molecule has 0 aromatic carbocycles. The van der Waals surface area contributed by atoms with Crippen LogP contribution in [0.4, 0.5) is 0 Å². The zero-order chi connectivity index (χ0) is 22.6. The number of hydrogen-bond acceptors (Lipinski definition) is 6. The molecule has 0 spiro atoms. The van der Waals surface area contributed by atoms with E-state index >= 15 is 0 Å². The lowest BCUT2D eigenvalue weighted by atomic mass is 9.88. The van der Waals surface area contributed by atoms with E-state index in [0.29, 0.717) is 37.7 Å². The lowest BCUT2D eigenvalue weighted by Gasteiger charge is -2.27. The van der Waals surface area contributed by atoms with Crippen LogP contribution in [0.1, 0.15) is 53.9 Å². The van der Waals surface area contributed by atoms with Gasteiger partial charge in [-0.1, -0.05) is 34.6 Å². The summed E-state index contributed by atoms with van der Waals surface area (Å²) in [6.07, 6.45) is 5.77. The van der Waals surface area contributed by atoms with Crippen LogP contribution in [0.3, 0.4) is 0 Å². The molecule has 0 aromatic heterocycles. The van der Waals surface area contributed by atoms with E-state index in [-0.39, 0.29) is 17.2 Å². The fraction of sp³-hybridized carbons (Fsp3) is 0.900. The van der Waals surface area contributed by atoms with Gasteiger partial charge >= 0.3 is 0 Å². The van der Waals surface area contributed by atoms with Crippen LogP contribution in [0.2, 0.25) is 0 Å². The summed E-state index contributed by atoms with van der Waals surface area (Å²) in [6, 6.07) is 0. The highest BCUT2D eigenvalue weighted by Crippen LogP contribution is 2.23. The van der Waals surface area contributed by atoms with E-state index < -0.39 is 0 Å². The smallest absolute Gasteiger partial charge is 0.221 e. The monoisotopic (exact) mass is 438 g/mol. The average Bonchev–Trinajstić information content (AvgIpc) is 2.60. The first-order valence-electron chi connectivity index (χ1n) is 10.1. The third-order valence-electron chi connectivity index (χ3n) is 3.62. The first-order valence-corrected chi connectivity index (χ1v) is 12.2. The minimum absolute atomic E-state index is 0.0363. The van der Waals surface area contributed by atoms with Gasteiger partial charge in [0, 0.05) is 45.6 Å². The van der Waals surface area contributed by atoms with Crippen LogP contribution in [-0.2, 0) is 9.59 Å². The van der Waals surface area contributed by atoms with Crippen molar-refractivity contribution in [1.29, 1.82) is 0 Å². The maximum Gasteiger partial charge on any atom is 0.221 e. The fourth-order valence-electron chi connectivity index (χ4n) is 2.43. The quantitative estimate of drug-likeness (QED) is 0.332. The molecule has 0 aromatic rings. The van der Waals surface area contributed by atoms with Gasteiger partial charge in [-0.2, -0.15) is 24.4 Å². The van der Waals surface area contributed by atoms with Crippen LogP contribution in [0.15, 0.2) is 0 Å². The summed E-state index contributed by atoms with van der Waals surface area (Å²) in [7, 11) is 1.88. The van der Waals surface area contributed by atoms with Gasteiger partial charge in [0.25, 0.3) is 0 Å². The number of nitrogens with two attached hydrogens (primary N) is 1. The summed E-state index contributed by atoms with van der Waals surface area (Å²) in [5.74, 6) is -0.273. The Balaban J connectivity index is -0.00000113. The van der Waals surface area contributed by atoms with Crippen molar-refractivity contribution in [3.05, 3.63) is 0 Å². The number of likely N-dealkylation sites (N-methyl/N-ethyl adjacent to an activating group) is 1. The van der Waals surface area contributed by atoms with Crippen molar-refractivity contribution in [2.75, 3.05) is 52.3 Å². The molecule has 0 aliphatic heterocycles. The van der Waals surface area contributed by atoms with Crippen molar-refractivity contribution in [1.82, 2.24) is 15.5 Å². The Kier molecular flexibility index (Phi) is 24.5. The molecule has 0 aliphatic carbocycles. The molecule has 0 radical (unpaired) electrons. The molecule has 28 heavy (non-hydrogen) atoms. The van der Waals surface area contributed by atoms with E-state index in [1.807, 2.05) is 33.4 Å². The zero-order valence-corrected chi connectivity index (χ0v) is 21.1. The third-order valence-corrected chi connectivity index (χ3v) is 3.80. The summed E-state index contributed by atoms with van der Waals surface area (Å²) in [6.45, 7) is 13.8. The van der Waals surface area contributed by atoms with Gasteiger partial charge < -0.3 is 21.3 Å². The molecule has 0 saturated carbocycles. The molecule has 6 nitrogen and oxygen atoms in total. The van der Waals surface area contributed by atoms with E-state index in [2.05, 4.69) is 48.9 Å². The second-order valence-electron chi connectivity index (χ2n) is 7.31. The van der Waals surface area contributed by atoms with Crippen molar-refractivity contribution in [2.45, 2.75) is 59.1 Å². The Labute approximate surface area is 183 Å². The largest absolute Gasteiger partial charge is 0.370 e. The number of carbonyl (C=O) groups is 2. The Hall–Kier alpha value is -0.440. The topological polar surface area (TPSA) is 87.5 Å². The van der Waals surface area contributed by atoms with E-state index in [1.54, 1.807) is 11.8 Å². The number of hydrogen-bond donors (Lipinski definition) is 4. The first kappa shape index (κ1) is 32.2. The van der Waals surface area contributed by atoms with Crippen LogP contribution in [0, 0.1) is 5.41 Å². The summed E-state index contributed by atoms with van der Waals surface area (Å²) < 4.78 is 0. The maximum absolute atomic E-state index is 12.0. The predicted molar refractivity (Wildman–Crippen MR) is 129 cm³/mol. The number of carbonyl (C=O) groups excluding carboxylic acids is 2. The number of thioether (sulfide) groups is 1. The van der Waals surface area contributed by atoms with Crippen molar-refractivity contribution in [2.24, 2.45) is 11.1 Å². The van der Waals surface area contributed by atoms with Crippen molar-refractivity contribution in [3.8, 4) is 0 Å². The van der Waals surface area contributed by atoms with Gasteiger partial charge in [0.05, 0.1) is 0 Å². The fourth-order valence-corrected chi connectivity index (χ4v) is 2.93. The van der Waals surface area contributed by atoms with Crippen LogP contribution >= 0.6 is 24.4 Å². The molecule has 1 atom stereocenters. The highest BCUT2D eigenvalue weighted by molar-refractivity contribution is 7.97. The van der Waals surface area contributed by atoms with Gasteiger partial charge in [0.15, 0.2) is 0 Å². The highest BCUT2D eigenvalue weighted by Gasteiger charge is 2.20. The second-order valence-corrected chi connectivity index (χ2v) is 9.01. The van der Waals surface area contributed by atoms with Gasteiger partial charge in [-0.25, -0.2) is 0 Å². The summed E-state index contributed by atoms with van der Waals surface area (Å²) >= 11 is 6.16. The van der Waals surface area contributed by atoms with Gasteiger partial charge in [-0.3, -0.25) is 9.59 Å². The lowest BCUT2D eigenvalue weighted by Crippen LogP contribution is -2.39. The number of rotatable bonds is 13. The first-order chi connectivity index (χ1) is 13.1. The second kappa shape index (κ2) is 21.3. The van der Waals surface area contributed by atoms with Crippen LogP contribution in [-0.4, -0.2) is 74.2 Å². The molecule has 0 fully saturated rings. The van der Waals surface area contributed by atoms with Crippen molar-refractivity contribution >= 4 is 36.2 Å². The minimum atomic E-state index is -0.313. The standard InChI is InChI=1S/C16H34N4O2S.C2H6S.C2H6/c1-13(23)11-16(2,3)12-19-15(22)6-9-20(10-7-18-4)8-5-14(17)21;1-3-2;1-2/h13,18,23H,5-12H2,1-4H3,(H2,17,21)(H,19,22);1-2H3;1-2H3. The molecular weight excluding hydrogens is 392 g/mol. The molecule has 0 bridgehead atoms. The number of amides is 2. The van der Waals surface area contributed by atoms with Crippen molar-refractivity contribution in [3.63, 3.8) is 0 Å². The molecule has 0 saturated heterocycles. The van der Waals surface area contributed by atoms with E-state index in [4.69, 9.17) is 5.73 Å². The predicted octanol–water partition coefficient (Wildman–Crippen LogP) is 2.63. The summed E-state index contributed by atoms with van der Waals surface area (Å²) in [5, 5.41) is 6.38. The normalized spacial score (nSPS) is 11.6. The van der Waals surface area contributed by atoms with Crippen LogP contribution in [0.5, 0.6) is 0 Å². The number of nitrogens with one attached hydrogen (secondary N) is 2. The molecule has 0 aliphatic rings. The van der Waals surface area contributed by atoms with E-state index in [9.17, 15) is 9.59 Å². The average molecular weight is 439 g/mol. The SMILES string of the molecule is CC.CNCCN(CCC(N)=O)CCC(=O)NCC(C)(C)CC(C)S.CSC. The van der Waals surface area contributed by atoms with Gasteiger partial charge in [0.2, 0.25) is 11.8 Å².